The first-order chi connectivity index (χ1) is 12.2. The zero-order valence-electron chi connectivity index (χ0n) is 15.6. The van der Waals surface area contributed by atoms with Gasteiger partial charge >= 0.3 is 0 Å². The van der Waals surface area contributed by atoms with Gasteiger partial charge in [-0.1, -0.05) is 19.1 Å². The van der Waals surface area contributed by atoms with E-state index in [1.54, 1.807) is 14.2 Å². The standard InChI is InChI=1S/C19H28N4OS.HI/c1-16(15-25-18-9-5-4-8-17(18)24-3)14-22-19(20-2)21-10-13-23-11-6-7-12-23;/h4-9,11-12,16H,10,13-15H2,1-3H3,(H2,20,21,22);1H. The molecule has 7 heteroatoms. The Morgan fingerprint density at radius 1 is 1.19 bits per heavy atom. The molecule has 0 saturated heterocycles. The molecule has 0 aliphatic heterocycles. The number of aromatic nitrogens is 1. The minimum atomic E-state index is 0. The fraction of sp³-hybridized carbons (Fsp3) is 0.421. The molecule has 0 saturated carbocycles. The van der Waals surface area contributed by atoms with Crippen molar-refractivity contribution < 1.29 is 4.74 Å². The maximum atomic E-state index is 5.40. The molecule has 0 fully saturated rings. The lowest BCUT2D eigenvalue weighted by molar-refractivity contribution is 0.405. The van der Waals surface area contributed by atoms with E-state index in [2.05, 4.69) is 45.6 Å². The second kappa shape index (κ2) is 12.9. The van der Waals surface area contributed by atoms with Crippen molar-refractivity contribution in [1.82, 2.24) is 15.2 Å². The van der Waals surface area contributed by atoms with Gasteiger partial charge in [-0.25, -0.2) is 0 Å². The first-order valence-electron chi connectivity index (χ1n) is 8.54. The number of guanidine groups is 1. The van der Waals surface area contributed by atoms with Crippen molar-refractivity contribution in [3.05, 3.63) is 48.8 Å². The molecule has 2 N–H and O–H groups in total. The van der Waals surface area contributed by atoms with E-state index >= 15 is 0 Å². The van der Waals surface area contributed by atoms with Crippen LogP contribution in [0.4, 0.5) is 0 Å². The van der Waals surface area contributed by atoms with E-state index < -0.39 is 0 Å². The van der Waals surface area contributed by atoms with Crippen LogP contribution in [-0.2, 0) is 6.54 Å². The fourth-order valence-electron chi connectivity index (χ4n) is 2.34. The average Bonchev–Trinajstić information content (AvgIpc) is 3.16. The number of aliphatic imine (C=N–C) groups is 1. The number of nitrogens with zero attached hydrogens (tertiary/aromatic N) is 2. The summed E-state index contributed by atoms with van der Waals surface area (Å²) in [7, 11) is 3.52. The molecule has 26 heavy (non-hydrogen) atoms. The normalized spacial score (nSPS) is 12.2. The van der Waals surface area contributed by atoms with Crippen LogP contribution < -0.4 is 15.4 Å². The van der Waals surface area contributed by atoms with E-state index in [0.717, 1.165) is 37.1 Å². The summed E-state index contributed by atoms with van der Waals surface area (Å²) in [5, 5.41) is 6.75. The van der Waals surface area contributed by atoms with Crippen LogP contribution in [0.5, 0.6) is 5.75 Å². The number of nitrogens with one attached hydrogen (secondary N) is 2. The van der Waals surface area contributed by atoms with E-state index in [0.29, 0.717) is 5.92 Å². The topological polar surface area (TPSA) is 50.6 Å². The second-order valence-corrected chi connectivity index (χ2v) is 6.93. The molecule has 5 nitrogen and oxygen atoms in total. The molecule has 2 aromatic rings. The van der Waals surface area contributed by atoms with Gasteiger partial charge in [0.05, 0.1) is 7.11 Å². The molecule has 0 radical (unpaired) electrons. The number of methoxy groups -OCH3 is 1. The zero-order chi connectivity index (χ0) is 17.9. The van der Waals surface area contributed by atoms with Gasteiger partial charge in [-0.15, -0.1) is 35.7 Å². The van der Waals surface area contributed by atoms with Crippen molar-refractivity contribution in [3.8, 4) is 5.75 Å². The molecule has 0 aliphatic carbocycles. The van der Waals surface area contributed by atoms with Crippen LogP contribution in [0.2, 0.25) is 0 Å². The smallest absolute Gasteiger partial charge is 0.191 e. The van der Waals surface area contributed by atoms with Crippen molar-refractivity contribution in [2.75, 3.05) is 33.0 Å². The quantitative estimate of drug-likeness (QED) is 0.245. The number of rotatable bonds is 9. The van der Waals surface area contributed by atoms with Crippen LogP contribution >= 0.6 is 35.7 Å². The highest BCUT2D eigenvalue weighted by Gasteiger charge is 2.08. The van der Waals surface area contributed by atoms with Gasteiger partial charge < -0.3 is 19.9 Å². The molecule has 1 heterocycles. The molecule has 144 valence electrons. The molecule has 2 rings (SSSR count). The Balaban J connectivity index is 0.00000338. The summed E-state index contributed by atoms with van der Waals surface area (Å²) in [6.45, 7) is 4.89. The minimum Gasteiger partial charge on any atom is -0.496 e. The molecule has 0 amide bonds. The summed E-state index contributed by atoms with van der Waals surface area (Å²) >= 11 is 1.83. The van der Waals surface area contributed by atoms with E-state index in [-0.39, 0.29) is 24.0 Å². The number of hydrogen-bond acceptors (Lipinski definition) is 3. The largest absolute Gasteiger partial charge is 0.496 e. The van der Waals surface area contributed by atoms with Gasteiger partial charge in [-0.3, -0.25) is 4.99 Å². The summed E-state index contributed by atoms with van der Waals surface area (Å²) < 4.78 is 7.55. The van der Waals surface area contributed by atoms with Crippen LogP contribution in [0.25, 0.3) is 0 Å². The van der Waals surface area contributed by atoms with E-state index in [1.807, 2.05) is 42.1 Å². The summed E-state index contributed by atoms with van der Waals surface area (Å²) in [4.78, 5) is 5.47. The summed E-state index contributed by atoms with van der Waals surface area (Å²) in [6.07, 6.45) is 4.13. The lowest BCUT2D eigenvalue weighted by Gasteiger charge is -2.16. The predicted molar refractivity (Wildman–Crippen MR) is 122 cm³/mol. The highest BCUT2D eigenvalue weighted by atomic mass is 127. The lowest BCUT2D eigenvalue weighted by Crippen LogP contribution is -2.40. The van der Waals surface area contributed by atoms with E-state index in [9.17, 15) is 0 Å². The Labute approximate surface area is 178 Å². The maximum absolute atomic E-state index is 5.40. The van der Waals surface area contributed by atoms with Gasteiger partial charge in [0.1, 0.15) is 5.75 Å². The molecule has 0 aliphatic rings. The Morgan fingerprint density at radius 2 is 1.92 bits per heavy atom. The van der Waals surface area contributed by atoms with E-state index in [4.69, 9.17) is 4.74 Å². The first-order valence-corrected chi connectivity index (χ1v) is 9.52. The SMILES string of the molecule is CN=C(NCCn1cccc1)NCC(C)CSc1ccccc1OC.I. The van der Waals surface area contributed by atoms with Crippen molar-refractivity contribution in [3.63, 3.8) is 0 Å². The van der Waals surface area contributed by atoms with Gasteiger partial charge in [-0.2, -0.15) is 0 Å². The number of halogens is 1. The Morgan fingerprint density at radius 3 is 2.62 bits per heavy atom. The van der Waals surface area contributed by atoms with Crippen LogP contribution in [0.15, 0.2) is 58.7 Å². The highest BCUT2D eigenvalue weighted by molar-refractivity contribution is 14.0. The third kappa shape index (κ3) is 7.90. The first kappa shape index (κ1) is 22.7. The average molecular weight is 488 g/mol. The molecular formula is C19H29IN4OS. The van der Waals surface area contributed by atoms with Crippen molar-refractivity contribution in [1.29, 1.82) is 0 Å². The van der Waals surface area contributed by atoms with Crippen LogP contribution in [0.1, 0.15) is 6.92 Å². The number of hydrogen-bond donors (Lipinski definition) is 2. The molecule has 1 aromatic carbocycles. The lowest BCUT2D eigenvalue weighted by atomic mass is 10.2. The van der Waals surface area contributed by atoms with Gasteiger partial charge in [0.15, 0.2) is 5.96 Å². The molecule has 0 bridgehead atoms. The van der Waals surface area contributed by atoms with Crippen LogP contribution in [0.3, 0.4) is 0 Å². The molecular weight excluding hydrogens is 459 g/mol. The number of thioether (sulfide) groups is 1. The monoisotopic (exact) mass is 488 g/mol. The molecule has 1 atom stereocenters. The third-order valence-electron chi connectivity index (χ3n) is 3.76. The zero-order valence-corrected chi connectivity index (χ0v) is 18.8. The third-order valence-corrected chi connectivity index (χ3v) is 5.15. The number of benzene rings is 1. The Hall–Kier alpha value is -1.35. The van der Waals surface area contributed by atoms with Gasteiger partial charge in [0.25, 0.3) is 0 Å². The highest BCUT2D eigenvalue weighted by Crippen LogP contribution is 2.29. The second-order valence-electron chi connectivity index (χ2n) is 5.87. The van der Waals surface area contributed by atoms with Gasteiger partial charge in [-0.05, 0) is 30.2 Å². The summed E-state index contributed by atoms with van der Waals surface area (Å²) in [5.74, 6) is 3.32. The Kier molecular flexibility index (Phi) is 11.3. The van der Waals surface area contributed by atoms with Crippen LogP contribution in [0, 0.1) is 5.92 Å². The maximum Gasteiger partial charge on any atom is 0.191 e. The summed E-state index contributed by atoms with van der Waals surface area (Å²) in [5.41, 5.74) is 0. The van der Waals surface area contributed by atoms with Crippen molar-refractivity contribution >= 4 is 41.7 Å². The van der Waals surface area contributed by atoms with Gasteiger partial charge in [0, 0.05) is 49.7 Å². The Bertz CT molecular complexity index is 649. The minimum absolute atomic E-state index is 0. The van der Waals surface area contributed by atoms with Crippen LogP contribution in [-0.4, -0.2) is 43.5 Å². The number of ether oxygens (including phenoxy) is 1. The molecule has 1 aromatic heterocycles. The fourth-order valence-corrected chi connectivity index (χ4v) is 3.39. The van der Waals surface area contributed by atoms with Crippen molar-refractivity contribution in [2.24, 2.45) is 10.9 Å². The summed E-state index contributed by atoms with van der Waals surface area (Å²) in [6, 6.07) is 12.2. The number of para-hydroxylation sites is 1. The molecule has 1 unspecified atom stereocenters. The van der Waals surface area contributed by atoms with Gasteiger partial charge in [0.2, 0.25) is 0 Å². The predicted octanol–water partition coefficient (Wildman–Crippen LogP) is 3.71. The van der Waals surface area contributed by atoms with E-state index in [1.165, 1.54) is 4.90 Å². The molecule has 0 spiro atoms. The van der Waals surface area contributed by atoms with Crippen molar-refractivity contribution in [2.45, 2.75) is 18.4 Å².